The van der Waals surface area contributed by atoms with Gasteiger partial charge in [-0.05, 0) is 30.0 Å². The van der Waals surface area contributed by atoms with Crippen LogP contribution in [0, 0.1) is 0 Å². The first-order valence-corrected chi connectivity index (χ1v) is 5.35. The Morgan fingerprint density at radius 2 is 2.24 bits per heavy atom. The van der Waals surface area contributed by atoms with E-state index < -0.39 is 5.97 Å². The predicted octanol–water partition coefficient (Wildman–Crippen LogP) is 0.424. The number of carbonyl (C=O) groups is 1. The minimum absolute atomic E-state index is 0.140. The Labute approximate surface area is 100 Å². The van der Waals surface area contributed by atoms with E-state index in [-0.39, 0.29) is 5.56 Å². The normalized spacial score (nSPS) is 10.4. The zero-order valence-corrected chi connectivity index (χ0v) is 9.39. The van der Waals surface area contributed by atoms with Crippen LogP contribution in [0.5, 0.6) is 0 Å². The lowest BCUT2D eigenvalue weighted by Gasteiger charge is -2.05. The molecule has 5 N–H and O–H groups in total. The second kappa shape index (κ2) is 4.34. The first kappa shape index (κ1) is 11.3. The van der Waals surface area contributed by atoms with Gasteiger partial charge in [0.05, 0.1) is 5.56 Å². The fraction of sp³-hybridized carbons (Fsp3) is 0. The summed E-state index contributed by atoms with van der Waals surface area (Å²) in [5.41, 5.74) is 6.24. The van der Waals surface area contributed by atoms with Gasteiger partial charge in [0.2, 0.25) is 5.16 Å². The number of carboxylic acid groups (broad SMARTS) is 1. The van der Waals surface area contributed by atoms with Crippen molar-refractivity contribution in [1.29, 1.82) is 0 Å². The Morgan fingerprint density at radius 1 is 1.47 bits per heavy atom. The van der Waals surface area contributed by atoms with Crippen molar-refractivity contribution in [2.45, 2.75) is 10.1 Å². The number of aromatic nitrogens is 3. The maximum Gasteiger partial charge on any atom is 0.335 e. The predicted molar refractivity (Wildman–Crippen MR) is 62.1 cm³/mol. The highest BCUT2D eigenvalue weighted by molar-refractivity contribution is 7.99. The largest absolute Gasteiger partial charge is 0.478 e. The van der Waals surface area contributed by atoms with E-state index in [1.807, 2.05) is 0 Å². The summed E-state index contributed by atoms with van der Waals surface area (Å²) in [7, 11) is 0. The standard InChI is InChI=1S/C9H9N5O2S/c10-6-3-5(8(15)16)1-2-7(6)17-9-13-12-4-14(9)11/h1-4H,10-11H2,(H,15,16). The number of aromatic carboxylic acids is 1. The van der Waals surface area contributed by atoms with Gasteiger partial charge in [0, 0.05) is 10.6 Å². The first-order chi connectivity index (χ1) is 8.08. The van der Waals surface area contributed by atoms with E-state index in [2.05, 4.69) is 10.2 Å². The highest BCUT2D eigenvalue weighted by Crippen LogP contribution is 2.30. The van der Waals surface area contributed by atoms with E-state index in [9.17, 15) is 4.79 Å². The Balaban J connectivity index is 2.29. The summed E-state index contributed by atoms with van der Waals surface area (Å²) < 4.78 is 1.26. The maximum absolute atomic E-state index is 10.7. The van der Waals surface area contributed by atoms with Gasteiger partial charge in [-0.25, -0.2) is 9.47 Å². The SMILES string of the molecule is Nc1cc(C(=O)O)ccc1Sc1nncn1N. The van der Waals surface area contributed by atoms with Crippen molar-refractivity contribution in [2.75, 3.05) is 11.6 Å². The minimum atomic E-state index is -1.02. The van der Waals surface area contributed by atoms with Gasteiger partial charge in [0.25, 0.3) is 0 Å². The molecule has 0 aliphatic carbocycles. The van der Waals surface area contributed by atoms with Gasteiger partial charge >= 0.3 is 5.97 Å². The molecule has 1 aromatic carbocycles. The lowest BCUT2D eigenvalue weighted by atomic mass is 10.2. The molecule has 0 aliphatic heterocycles. The molecule has 0 unspecified atom stereocenters. The van der Waals surface area contributed by atoms with Crippen molar-refractivity contribution >= 4 is 23.4 Å². The van der Waals surface area contributed by atoms with E-state index in [4.69, 9.17) is 16.7 Å². The molecule has 0 aliphatic rings. The number of hydrogen-bond donors (Lipinski definition) is 3. The summed E-state index contributed by atoms with van der Waals surface area (Å²) in [5.74, 6) is 4.53. The fourth-order valence-corrected chi connectivity index (χ4v) is 1.93. The molecule has 7 nitrogen and oxygen atoms in total. The third-order valence-electron chi connectivity index (χ3n) is 2.00. The number of benzene rings is 1. The molecule has 8 heteroatoms. The van der Waals surface area contributed by atoms with Crippen molar-refractivity contribution in [3.05, 3.63) is 30.1 Å². The van der Waals surface area contributed by atoms with Gasteiger partial charge in [-0.3, -0.25) is 0 Å². The molecule has 2 rings (SSSR count). The van der Waals surface area contributed by atoms with Crippen LogP contribution < -0.4 is 11.6 Å². The van der Waals surface area contributed by atoms with Crippen molar-refractivity contribution in [1.82, 2.24) is 14.9 Å². The second-order valence-corrected chi connectivity index (χ2v) is 4.19. The summed E-state index contributed by atoms with van der Waals surface area (Å²) >= 11 is 1.21. The van der Waals surface area contributed by atoms with Crippen LogP contribution in [-0.4, -0.2) is 25.9 Å². The molecule has 1 heterocycles. The van der Waals surface area contributed by atoms with Gasteiger partial charge in [-0.2, -0.15) is 0 Å². The van der Waals surface area contributed by atoms with Crippen molar-refractivity contribution < 1.29 is 9.90 Å². The molecular formula is C9H9N5O2S. The van der Waals surface area contributed by atoms with Crippen LogP contribution in [0.3, 0.4) is 0 Å². The molecule has 0 spiro atoms. The summed E-state index contributed by atoms with van der Waals surface area (Å²) in [6, 6.07) is 4.47. The van der Waals surface area contributed by atoms with Crippen LogP contribution in [-0.2, 0) is 0 Å². The zero-order chi connectivity index (χ0) is 12.4. The van der Waals surface area contributed by atoms with E-state index in [1.165, 1.54) is 34.9 Å². The molecule has 17 heavy (non-hydrogen) atoms. The average Bonchev–Trinajstić information content (AvgIpc) is 2.67. The smallest absolute Gasteiger partial charge is 0.335 e. The van der Waals surface area contributed by atoms with E-state index in [0.717, 1.165) is 0 Å². The third-order valence-corrected chi connectivity index (χ3v) is 3.06. The molecule has 0 saturated heterocycles. The van der Waals surface area contributed by atoms with E-state index in [0.29, 0.717) is 15.7 Å². The van der Waals surface area contributed by atoms with E-state index >= 15 is 0 Å². The van der Waals surface area contributed by atoms with E-state index in [1.54, 1.807) is 6.07 Å². The first-order valence-electron chi connectivity index (χ1n) is 4.53. The number of hydrogen-bond acceptors (Lipinski definition) is 6. The summed E-state index contributed by atoms with van der Waals surface area (Å²) in [4.78, 5) is 11.4. The number of anilines is 1. The van der Waals surface area contributed by atoms with Crippen LogP contribution in [0.15, 0.2) is 34.6 Å². The van der Waals surface area contributed by atoms with Gasteiger partial charge < -0.3 is 16.7 Å². The molecular weight excluding hydrogens is 242 g/mol. The number of nitrogens with zero attached hydrogens (tertiary/aromatic N) is 3. The highest BCUT2D eigenvalue weighted by atomic mass is 32.2. The van der Waals surface area contributed by atoms with Gasteiger partial charge in [0.1, 0.15) is 6.33 Å². The van der Waals surface area contributed by atoms with Crippen molar-refractivity contribution in [2.24, 2.45) is 0 Å². The monoisotopic (exact) mass is 251 g/mol. The molecule has 2 aromatic rings. The Hall–Kier alpha value is -2.22. The number of carboxylic acids is 1. The zero-order valence-electron chi connectivity index (χ0n) is 8.57. The summed E-state index contributed by atoms with van der Waals surface area (Å²) in [5, 5.41) is 16.7. The lowest BCUT2D eigenvalue weighted by molar-refractivity contribution is 0.0697. The number of nitrogens with two attached hydrogens (primary N) is 2. The van der Waals surface area contributed by atoms with Crippen LogP contribution in [0.2, 0.25) is 0 Å². The maximum atomic E-state index is 10.7. The summed E-state index contributed by atoms with van der Waals surface area (Å²) in [6.45, 7) is 0. The lowest BCUT2D eigenvalue weighted by Crippen LogP contribution is -2.07. The molecule has 0 radical (unpaired) electrons. The number of nitrogen functional groups attached to an aromatic ring is 2. The molecule has 0 amide bonds. The van der Waals surface area contributed by atoms with Crippen molar-refractivity contribution in [3.63, 3.8) is 0 Å². The van der Waals surface area contributed by atoms with Crippen molar-refractivity contribution in [3.8, 4) is 0 Å². The van der Waals surface area contributed by atoms with Gasteiger partial charge in [-0.15, -0.1) is 10.2 Å². The topological polar surface area (TPSA) is 120 Å². The quantitative estimate of drug-likeness (QED) is 0.534. The fourth-order valence-electron chi connectivity index (χ4n) is 1.18. The van der Waals surface area contributed by atoms with Crippen LogP contribution in [0.4, 0.5) is 5.69 Å². The molecule has 0 atom stereocenters. The second-order valence-electron chi connectivity index (χ2n) is 3.18. The van der Waals surface area contributed by atoms with Crippen LogP contribution in [0.1, 0.15) is 10.4 Å². The Morgan fingerprint density at radius 3 is 2.76 bits per heavy atom. The molecule has 1 aromatic heterocycles. The van der Waals surface area contributed by atoms with Gasteiger partial charge in [0.15, 0.2) is 0 Å². The van der Waals surface area contributed by atoms with Gasteiger partial charge in [-0.1, -0.05) is 0 Å². The third kappa shape index (κ3) is 2.31. The van der Waals surface area contributed by atoms with Crippen LogP contribution >= 0.6 is 11.8 Å². The minimum Gasteiger partial charge on any atom is -0.478 e. The molecule has 88 valence electrons. The Bertz CT molecular complexity index is 568. The van der Waals surface area contributed by atoms with Crippen LogP contribution in [0.25, 0.3) is 0 Å². The highest BCUT2D eigenvalue weighted by Gasteiger charge is 2.10. The molecule has 0 bridgehead atoms. The number of rotatable bonds is 3. The molecule has 0 fully saturated rings. The average molecular weight is 251 g/mol. The Kier molecular flexibility index (Phi) is 2.88. The summed E-state index contributed by atoms with van der Waals surface area (Å²) in [6.07, 6.45) is 1.37. The molecule has 0 saturated carbocycles.